The molecule has 1 aromatic carbocycles. The molecule has 1 aliphatic rings. The Balaban J connectivity index is 1.68. The third-order valence-electron chi connectivity index (χ3n) is 6.09. The molecule has 1 aliphatic carbocycles. The van der Waals surface area contributed by atoms with Gasteiger partial charge in [-0.3, -0.25) is 4.79 Å². The van der Waals surface area contributed by atoms with Crippen LogP contribution in [0.1, 0.15) is 79.1 Å². The van der Waals surface area contributed by atoms with Gasteiger partial charge in [0, 0.05) is 17.2 Å². The van der Waals surface area contributed by atoms with Crippen molar-refractivity contribution in [3.05, 3.63) is 52.3 Å². The number of nitrogens with zero attached hydrogens (tertiary/aromatic N) is 2. The summed E-state index contributed by atoms with van der Waals surface area (Å²) in [4.78, 5) is 21.0. The molecule has 0 spiro atoms. The number of fused-ring (bicyclic) bond motifs is 1. The second kappa shape index (κ2) is 8.68. The van der Waals surface area contributed by atoms with E-state index < -0.39 is 23.4 Å². The molecule has 0 aliphatic heterocycles. The molecule has 0 unspecified atom stereocenters. The van der Waals surface area contributed by atoms with Crippen LogP contribution in [-0.4, -0.2) is 21.0 Å². The molecule has 2 heterocycles. The van der Waals surface area contributed by atoms with E-state index in [9.17, 15) is 23.1 Å². The van der Waals surface area contributed by atoms with E-state index in [4.69, 9.17) is 4.98 Å². The molecule has 0 bridgehead atoms. The zero-order valence-electron chi connectivity index (χ0n) is 18.7. The van der Waals surface area contributed by atoms with Crippen LogP contribution in [0.3, 0.4) is 0 Å². The smallest absolute Gasteiger partial charge is 0.386 e. The first kappa shape index (κ1) is 23.6. The van der Waals surface area contributed by atoms with E-state index in [-0.39, 0.29) is 5.69 Å². The third-order valence-corrected chi connectivity index (χ3v) is 7.27. The van der Waals surface area contributed by atoms with E-state index in [2.05, 4.69) is 17.2 Å². The highest BCUT2D eigenvalue weighted by Gasteiger charge is 2.33. The fraction of sp³-hybridized carbons (Fsp3) is 0.458. The van der Waals surface area contributed by atoms with Crippen molar-refractivity contribution < 1.29 is 23.1 Å². The van der Waals surface area contributed by atoms with Gasteiger partial charge >= 0.3 is 6.18 Å². The van der Waals surface area contributed by atoms with E-state index in [1.165, 1.54) is 18.9 Å². The number of alkyl halides is 3. The molecular formula is C24H26F3N3O2S. The van der Waals surface area contributed by atoms with Gasteiger partial charge in [-0.25, -0.2) is 9.97 Å². The summed E-state index contributed by atoms with van der Waals surface area (Å²) in [6.07, 6.45) is -0.140. The van der Waals surface area contributed by atoms with Crippen molar-refractivity contribution >= 4 is 33.1 Å². The highest BCUT2D eigenvalue weighted by Crippen LogP contribution is 2.41. The van der Waals surface area contributed by atoms with Crippen LogP contribution in [0.25, 0.3) is 10.2 Å². The minimum absolute atomic E-state index is 0.326. The highest BCUT2D eigenvalue weighted by molar-refractivity contribution is 7.18. The number of carbonyl (C=O) groups excluding carboxylic acids is 1. The third kappa shape index (κ3) is 5.19. The molecule has 9 heteroatoms. The number of hydrogen-bond acceptors (Lipinski definition) is 5. The molecule has 1 amide bonds. The standard InChI is InChI=1S/C24H26F3N3O2S/c1-13-7-9-14(10-8-13)22-30-18-11-15(23(2,3)32)17(12-19(18)33-22)29-21(31)16-5-4-6-20(28-16)24(25,26)27/h4-6,11-14,32H,7-10H2,1-3H3,(H,29,31). The molecule has 2 N–H and O–H groups in total. The minimum Gasteiger partial charge on any atom is -0.386 e. The zero-order valence-corrected chi connectivity index (χ0v) is 19.5. The molecule has 0 saturated heterocycles. The van der Waals surface area contributed by atoms with Crippen molar-refractivity contribution in [2.45, 2.75) is 64.1 Å². The number of pyridine rings is 1. The van der Waals surface area contributed by atoms with Gasteiger partial charge in [0.25, 0.3) is 5.91 Å². The Morgan fingerprint density at radius 2 is 1.82 bits per heavy atom. The van der Waals surface area contributed by atoms with Gasteiger partial charge in [0.1, 0.15) is 11.4 Å². The number of aliphatic hydroxyl groups is 1. The number of aromatic nitrogens is 2. The fourth-order valence-corrected chi connectivity index (χ4v) is 5.35. The molecule has 0 atom stereocenters. The Morgan fingerprint density at radius 3 is 2.45 bits per heavy atom. The van der Waals surface area contributed by atoms with Crippen molar-refractivity contribution in [3.63, 3.8) is 0 Å². The first-order valence-electron chi connectivity index (χ1n) is 10.9. The van der Waals surface area contributed by atoms with Crippen LogP contribution < -0.4 is 5.32 Å². The zero-order chi connectivity index (χ0) is 24.0. The maximum Gasteiger partial charge on any atom is 0.433 e. The summed E-state index contributed by atoms with van der Waals surface area (Å²) in [5.41, 5.74) is -1.30. The van der Waals surface area contributed by atoms with E-state index in [0.29, 0.717) is 17.2 Å². The lowest BCUT2D eigenvalue weighted by atomic mass is 9.83. The topological polar surface area (TPSA) is 75.1 Å². The second-order valence-electron chi connectivity index (χ2n) is 9.29. The van der Waals surface area contributed by atoms with Crippen LogP contribution >= 0.6 is 11.3 Å². The Bertz CT molecular complexity index is 1180. The molecule has 5 nitrogen and oxygen atoms in total. The second-order valence-corrected chi connectivity index (χ2v) is 10.4. The number of carbonyl (C=O) groups is 1. The van der Waals surface area contributed by atoms with E-state index in [0.717, 1.165) is 46.1 Å². The minimum atomic E-state index is -4.65. The fourth-order valence-electron chi connectivity index (χ4n) is 4.19. The summed E-state index contributed by atoms with van der Waals surface area (Å²) < 4.78 is 39.8. The van der Waals surface area contributed by atoms with Gasteiger partial charge in [-0.05, 0) is 56.9 Å². The van der Waals surface area contributed by atoms with Crippen LogP contribution in [-0.2, 0) is 11.8 Å². The summed E-state index contributed by atoms with van der Waals surface area (Å²) in [5.74, 6) is 0.345. The molecule has 1 fully saturated rings. The predicted molar refractivity (Wildman–Crippen MR) is 122 cm³/mol. The normalized spacial score (nSPS) is 19.6. The largest absolute Gasteiger partial charge is 0.433 e. The number of hydrogen-bond donors (Lipinski definition) is 2. The van der Waals surface area contributed by atoms with Gasteiger partial charge in [-0.15, -0.1) is 11.3 Å². The predicted octanol–water partition coefficient (Wildman–Crippen LogP) is 6.48. The maximum absolute atomic E-state index is 13.0. The van der Waals surface area contributed by atoms with Crippen molar-refractivity contribution in [2.75, 3.05) is 5.32 Å². The molecule has 4 rings (SSSR count). The maximum atomic E-state index is 13.0. The lowest BCUT2D eigenvalue weighted by Crippen LogP contribution is -2.22. The van der Waals surface area contributed by atoms with Crippen molar-refractivity contribution in [1.29, 1.82) is 0 Å². The van der Waals surface area contributed by atoms with Crippen LogP contribution in [0.2, 0.25) is 0 Å². The SMILES string of the molecule is CC1CCC(c2nc3cc(C(C)(C)O)c(NC(=O)c4cccc(C(F)(F)F)n4)cc3s2)CC1. The summed E-state index contributed by atoms with van der Waals surface area (Å²) in [6, 6.07) is 6.67. The first-order valence-corrected chi connectivity index (χ1v) is 11.8. The Morgan fingerprint density at radius 1 is 1.12 bits per heavy atom. The van der Waals surface area contributed by atoms with Gasteiger partial charge in [0.05, 0.1) is 20.8 Å². The average molecular weight is 478 g/mol. The van der Waals surface area contributed by atoms with Gasteiger partial charge in [-0.2, -0.15) is 13.2 Å². The number of benzene rings is 1. The van der Waals surface area contributed by atoms with Crippen LogP contribution in [0, 0.1) is 5.92 Å². The van der Waals surface area contributed by atoms with Crippen molar-refractivity contribution in [2.24, 2.45) is 5.92 Å². The molecule has 33 heavy (non-hydrogen) atoms. The lowest BCUT2D eigenvalue weighted by molar-refractivity contribution is -0.141. The van der Waals surface area contributed by atoms with E-state index in [1.807, 2.05) is 0 Å². The highest BCUT2D eigenvalue weighted by atomic mass is 32.1. The number of amides is 1. The summed E-state index contributed by atoms with van der Waals surface area (Å²) in [7, 11) is 0. The van der Waals surface area contributed by atoms with E-state index >= 15 is 0 Å². The van der Waals surface area contributed by atoms with Crippen molar-refractivity contribution in [1.82, 2.24) is 9.97 Å². The molecule has 1 saturated carbocycles. The van der Waals surface area contributed by atoms with Crippen molar-refractivity contribution in [3.8, 4) is 0 Å². The molecular weight excluding hydrogens is 451 g/mol. The van der Waals surface area contributed by atoms with Crippen LogP contribution in [0.15, 0.2) is 30.3 Å². The number of thiazole rings is 1. The molecule has 2 aromatic heterocycles. The summed E-state index contributed by atoms with van der Waals surface area (Å²) in [6.45, 7) is 5.43. The Kier molecular flexibility index (Phi) is 6.22. The number of halogens is 3. The lowest BCUT2D eigenvalue weighted by Gasteiger charge is -2.24. The monoisotopic (exact) mass is 477 g/mol. The van der Waals surface area contributed by atoms with Gasteiger partial charge in [-0.1, -0.05) is 25.8 Å². The summed E-state index contributed by atoms with van der Waals surface area (Å²) >= 11 is 1.56. The molecule has 176 valence electrons. The molecule has 3 aromatic rings. The van der Waals surface area contributed by atoms with Gasteiger partial charge in [0.2, 0.25) is 0 Å². The first-order chi connectivity index (χ1) is 15.4. The summed E-state index contributed by atoms with van der Waals surface area (Å²) in [5, 5.41) is 14.4. The average Bonchev–Trinajstić information content (AvgIpc) is 3.15. The number of rotatable bonds is 4. The van der Waals surface area contributed by atoms with Crippen LogP contribution in [0.5, 0.6) is 0 Å². The number of anilines is 1. The van der Waals surface area contributed by atoms with E-state index in [1.54, 1.807) is 37.3 Å². The van der Waals surface area contributed by atoms with Gasteiger partial charge in [0.15, 0.2) is 0 Å². The Hall–Kier alpha value is -2.52. The van der Waals surface area contributed by atoms with Crippen LogP contribution in [0.4, 0.5) is 18.9 Å². The Labute approximate surface area is 194 Å². The van der Waals surface area contributed by atoms with Gasteiger partial charge < -0.3 is 10.4 Å². The quantitative estimate of drug-likeness (QED) is 0.451. The molecule has 0 radical (unpaired) electrons. The number of nitrogens with one attached hydrogen (secondary N) is 1.